The highest BCUT2D eigenvalue weighted by Crippen LogP contribution is 2.41. The Labute approximate surface area is 131 Å². The number of allylic oxidation sites excluding steroid dienone is 1. The van der Waals surface area contributed by atoms with Crippen LogP contribution in [0.25, 0.3) is 0 Å². The Morgan fingerprint density at radius 3 is 2.55 bits per heavy atom. The van der Waals surface area contributed by atoms with Gasteiger partial charge in [-0.15, -0.1) is 0 Å². The number of ketones is 1. The van der Waals surface area contributed by atoms with Gasteiger partial charge in [0.25, 0.3) is 0 Å². The molecule has 0 saturated heterocycles. The number of hydrogen-bond donors (Lipinski definition) is 1. The van der Waals surface area contributed by atoms with E-state index < -0.39 is 17.3 Å². The van der Waals surface area contributed by atoms with Gasteiger partial charge in [0.05, 0.1) is 12.7 Å². The molecular formula is C17H25NO4. The average molecular weight is 307 g/mol. The molecule has 1 saturated carbocycles. The van der Waals surface area contributed by atoms with E-state index in [9.17, 15) is 14.7 Å². The van der Waals surface area contributed by atoms with Crippen LogP contribution in [-0.4, -0.2) is 36.2 Å². The Hall–Kier alpha value is -1.65. The molecular weight excluding hydrogens is 282 g/mol. The van der Waals surface area contributed by atoms with E-state index in [0.717, 1.165) is 25.7 Å². The Morgan fingerprint density at radius 1 is 1.32 bits per heavy atom. The van der Waals surface area contributed by atoms with Gasteiger partial charge < -0.3 is 9.84 Å². The molecule has 1 N–H and O–H groups in total. The first-order chi connectivity index (χ1) is 10.4. The molecule has 0 radical (unpaired) electrons. The number of esters is 1. The van der Waals surface area contributed by atoms with Gasteiger partial charge in [0, 0.05) is 18.7 Å². The van der Waals surface area contributed by atoms with Crippen molar-refractivity contribution in [3.05, 3.63) is 11.3 Å². The quantitative estimate of drug-likeness (QED) is 0.642. The molecule has 5 nitrogen and oxygen atoms in total. The van der Waals surface area contributed by atoms with Gasteiger partial charge in [0.2, 0.25) is 0 Å². The third-order valence-electron chi connectivity index (χ3n) is 4.67. The smallest absolute Gasteiger partial charge is 0.316 e. The molecule has 0 spiro atoms. The SMILES string of the molecule is COC(=O)[C@@H]1C(O)=C(C=NC2CCCCC2)C(=O)CC1(C)C. The fourth-order valence-corrected chi connectivity index (χ4v) is 3.38. The topological polar surface area (TPSA) is 76.0 Å². The predicted octanol–water partition coefficient (Wildman–Crippen LogP) is 2.99. The molecule has 1 atom stereocenters. The molecule has 0 unspecified atom stereocenters. The predicted molar refractivity (Wildman–Crippen MR) is 83.9 cm³/mol. The average Bonchev–Trinajstić information content (AvgIpc) is 2.46. The van der Waals surface area contributed by atoms with E-state index in [1.54, 1.807) is 13.8 Å². The summed E-state index contributed by atoms with van der Waals surface area (Å²) in [5, 5.41) is 10.4. The van der Waals surface area contributed by atoms with Crippen LogP contribution >= 0.6 is 0 Å². The van der Waals surface area contributed by atoms with Crippen LogP contribution in [0.4, 0.5) is 0 Å². The third-order valence-corrected chi connectivity index (χ3v) is 4.67. The molecule has 0 aromatic carbocycles. The van der Waals surface area contributed by atoms with Crippen LogP contribution in [0, 0.1) is 11.3 Å². The Kier molecular flexibility index (Phi) is 5.04. The number of ether oxygens (including phenoxy) is 1. The normalized spacial score (nSPS) is 26.5. The van der Waals surface area contributed by atoms with Crippen molar-refractivity contribution in [1.82, 2.24) is 0 Å². The molecule has 2 aliphatic rings. The summed E-state index contributed by atoms with van der Waals surface area (Å²) in [5.74, 6) is -1.70. The summed E-state index contributed by atoms with van der Waals surface area (Å²) in [5.41, 5.74) is -0.489. The number of hydrogen-bond acceptors (Lipinski definition) is 5. The number of aliphatic imine (C=N–C) groups is 1. The lowest BCUT2D eigenvalue weighted by atomic mass is 9.68. The van der Waals surface area contributed by atoms with Crippen LogP contribution < -0.4 is 0 Å². The van der Waals surface area contributed by atoms with E-state index in [1.807, 2.05) is 0 Å². The molecule has 1 fully saturated rings. The van der Waals surface area contributed by atoms with E-state index in [4.69, 9.17) is 4.74 Å². The first kappa shape index (κ1) is 16.7. The Morgan fingerprint density at radius 2 is 1.95 bits per heavy atom. The van der Waals surface area contributed by atoms with Crippen molar-refractivity contribution in [2.24, 2.45) is 16.3 Å². The van der Waals surface area contributed by atoms with Crippen molar-refractivity contribution in [3.8, 4) is 0 Å². The van der Waals surface area contributed by atoms with Gasteiger partial charge in [0.1, 0.15) is 11.7 Å². The van der Waals surface area contributed by atoms with Crippen LogP contribution in [0.1, 0.15) is 52.4 Å². The monoisotopic (exact) mass is 307 g/mol. The van der Waals surface area contributed by atoms with Crippen molar-refractivity contribution in [2.45, 2.75) is 58.4 Å². The van der Waals surface area contributed by atoms with Crippen molar-refractivity contribution >= 4 is 18.0 Å². The zero-order valence-corrected chi connectivity index (χ0v) is 13.6. The van der Waals surface area contributed by atoms with Crippen molar-refractivity contribution < 1.29 is 19.4 Å². The molecule has 22 heavy (non-hydrogen) atoms. The van der Waals surface area contributed by atoms with Crippen LogP contribution in [-0.2, 0) is 14.3 Å². The summed E-state index contributed by atoms with van der Waals surface area (Å²) >= 11 is 0. The number of Topliss-reactive ketones (excluding diaryl/α,β-unsaturated/α-hetero) is 1. The summed E-state index contributed by atoms with van der Waals surface area (Å²) in [6.07, 6.45) is 7.24. The van der Waals surface area contributed by atoms with E-state index in [1.165, 1.54) is 19.7 Å². The van der Waals surface area contributed by atoms with Gasteiger partial charge in [0.15, 0.2) is 5.78 Å². The van der Waals surface area contributed by atoms with Crippen LogP contribution in [0.5, 0.6) is 0 Å². The number of carbonyl (C=O) groups excluding carboxylic acids is 2. The van der Waals surface area contributed by atoms with Gasteiger partial charge in [-0.2, -0.15) is 0 Å². The molecule has 2 rings (SSSR count). The Balaban J connectivity index is 2.28. The lowest BCUT2D eigenvalue weighted by molar-refractivity contribution is -0.150. The van der Waals surface area contributed by atoms with Crippen molar-refractivity contribution in [2.75, 3.05) is 7.11 Å². The molecule has 0 aromatic heterocycles. The highest BCUT2D eigenvalue weighted by molar-refractivity contribution is 6.15. The van der Waals surface area contributed by atoms with Gasteiger partial charge in [-0.25, -0.2) is 0 Å². The lowest BCUT2D eigenvalue weighted by Crippen LogP contribution is -2.40. The number of carbonyl (C=O) groups is 2. The number of methoxy groups -OCH3 is 1. The highest BCUT2D eigenvalue weighted by Gasteiger charge is 2.46. The molecule has 0 heterocycles. The van der Waals surface area contributed by atoms with Crippen LogP contribution in [0.2, 0.25) is 0 Å². The van der Waals surface area contributed by atoms with Gasteiger partial charge >= 0.3 is 5.97 Å². The van der Waals surface area contributed by atoms with Gasteiger partial charge in [-0.05, 0) is 18.3 Å². The second kappa shape index (κ2) is 6.63. The van der Waals surface area contributed by atoms with E-state index in [0.29, 0.717) is 0 Å². The minimum Gasteiger partial charge on any atom is -0.511 e. The molecule has 0 bridgehead atoms. The van der Waals surface area contributed by atoms with Crippen LogP contribution in [0.15, 0.2) is 16.3 Å². The molecule has 0 aromatic rings. The first-order valence-electron chi connectivity index (χ1n) is 7.94. The first-order valence-corrected chi connectivity index (χ1v) is 7.94. The van der Waals surface area contributed by atoms with Crippen molar-refractivity contribution in [3.63, 3.8) is 0 Å². The maximum atomic E-state index is 12.3. The highest BCUT2D eigenvalue weighted by atomic mass is 16.5. The van der Waals surface area contributed by atoms with Crippen LogP contribution in [0.3, 0.4) is 0 Å². The number of aliphatic hydroxyl groups excluding tert-OH is 1. The Bertz CT molecular complexity index is 513. The summed E-state index contributed by atoms with van der Waals surface area (Å²) in [6.45, 7) is 3.58. The van der Waals surface area contributed by atoms with E-state index >= 15 is 0 Å². The second-order valence-corrected chi connectivity index (χ2v) is 6.91. The summed E-state index contributed by atoms with van der Waals surface area (Å²) < 4.78 is 4.78. The molecule has 2 aliphatic carbocycles. The maximum absolute atomic E-state index is 12.3. The fourth-order valence-electron chi connectivity index (χ4n) is 3.38. The largest absolute Gasteiger partial charge is 0.511 e. The molecule has 0 amide bonds. The summed E-state index contributed by atoms with van der Waals surface area (Å²) in [7, 11) is 1.29. The van der Waals surface area contributed by atoms with Gasteiger partial charge in [-0.3, -0.25) is 14.6 Å². The number of rotatable bonds is 3. The standard InChI is InChI=1S/C17H25NO4/c1-17(2)9-13(19)12(15(20)14(17)16(21)22-3)10-18-11-7-5-4-6-8-11/h10-11,14,20H,4-9H2,1-3H3/t14-/m0/s1. The van der Waals surface area contributed by atoms with Crippen molar-refractivity contribution in [1.29, 1.82) is 0 Å². The fraction of sp³-hybridized carbons (Fsp3) is 0.706. The third kappa shape index (κ3) is 3.39. The second-order valence-electron chi connectivity index (χ2n) is 6.91. The summed E-state index contributed by atoms with van der Waals surface area (Å²) in [6, 6.07) is 0.216. The van der Waals surface area contributed by atoms with E-state index in [2.05, 4.69) is 4.99 Å². The lowest BCUT2D eigenvalue weighted by Gasteiger charge is -2.35. The summed E-state index contributed by atoms with van der Waals surface area (Å²) in [4.78, 5) is 28.7. The minimum absolute atomic E-state index is 0.165. The maximum Gasteiger partial charge on any atom is 0.316 e. The molecule has 0 aliphatic heterocycles. The van der Waals surface area contributed by atoms with Gasteiger partial charge in [-0.1, -0.05) is 33.1 Å². The number of aliphatic hydroxyl groups is 1. The minimum atomic E-state index is -0.817. The zero-order valence-electron chi connectivity index (χ0n) is 13.6. The molecule has 5 heteroatoms. The molecule has 122 valence electrons. The number of nitrogens with zero attached hydrogens (tertiary/aromatic N) is 1. The van der Waals surface area contributed by atoms with E-state index in [-0.39, 0.29) is 29.6 Å². The zero-order chi connectivity index (χ0) is 16.3.